The van der Waals surface area contributed by atoms with E-state index in [1.807, 2.05) is 22.7 Å². The van der Waals surface area contributed by atoms with Crippen molar-refractivity contribution in [3.8, 4) is 0 Å². The van der Waals surface area contributed by atoms with E-state index >= 15 is 0 Å². The minimum atomic E-state index is -0.0754. The molecule has 3 saturated heterocycles. The van der Waals surface area contributed by atoms with Crippen molar-refractivity contribution in [2.75, 3.05) is 24.6 Å². The minimum Gasteiger partial charge on any atom is -0.451 e. The van der Waals surface area contributed by atoms with Gasteiger partial charge >= 0.3 is 0 Å². The molecule has 5 rings (SSSR count). The summed E-state index contributed by atoms with van der Waals surface area (Å²) in [5.41, 5.74) is 1.16. The van der Waals surface area contributed by atoms with Gasteiger partial charge in [0.1, 0.15) is 5.58 Å². The average Bonchev–Trinajstić information content (AvgIpc) is 3.42. The zero-order valence-electron chi connectivity index (χ0n) is 15.1. The van der Waals surface area contributed by atoms with Gasteiger partial charge in [-0.25, -0.2) is 0 Å². The van der Waals surface area contributed by atoms with Crippen molar-refractivity contribution in [2.24, 2.45) is 0 Å². The first kappa shape index (κ1) is 17.1. The van der Waals surface area contributed by atoms with Gasteiger partial charge < -0.3 is 20.0 Å². The van der Waals surface area contributed by atoms with Crippen molar-refractivity contribution in [1.29, 1.82) is 0 Å². The van der Waals surface area contributed by atoms with Gasteiger partial charge in [0.15, 0.2) is 5.76 Å². The molecule has 0 aliphatic carbocycles. The van der Waals surface area contributed by atoms with Crippen molar-refractivity contribution < 1.29 is 14.0 Å². The molecule has 0 spiro atoms. The number of carbonyl (C=O) groups is 2. The van der Waals surface area contributed by atoms with Gasteiger partial charge in [0.05, 0.1) is 0 Å². The summed E-state index contributed by atoms with van der Waals surface area (Å²) in [6.07, 6.45) is 3.35. The molecule has 1 aromatic carbocycles. The lowest BCUT2D eigenvalue weighted by Gasteiger charge is -2.25. The van der Waals surface area contributed by atoms with Crippen LogP contribution >= 0.6 is 11.8 Å². The average molecular weight is 385 g/mol. The molecule has 1 aromatic heterocycles. The van der Waals surface area contributed by atoms with Crippen LogP contribution in [0.2, 0.25) is 0 Å². The van der Waals surface area contributed by atoms with Gasteiger partial charge in [-0.3, -0.25) is 9.59 Å². The smallest absolute Gasteiger partial charge is 0.289 e. The number of nitrogens with zero attached hydrogens (tertiary/aromatic N) is 1. The molecule has 3 fully saturated rings. The van der Waals surface area contributed by atoms with E-state index in [0.717, 1.165) is 42.8 Å². The number of rotatable bonds is 3. The van der Waals surface area contributed by atoms with Gasteiger partial charge in [-0.2, -0.15) is 11.8 Å². The van der Waals surface area contributed by atoms with Gasteiger partial charge in [0.2, 0.25) is 0 Å². The van der Waals surface area contributed by atoms with E-state index in [-0.39, 0.29) is 17.9 Å². The Morgan fingerprint density at radius 1 is 1.19 bits per heavy atom. The van der Waals surface area contributed by atoms with Crippen LogP contribution in [0.25, 0.3) is 11.0 Å². The number of nitrogens with one attached hydrogen (secondary N) is 2. The van der Waals surface area contributed by atoms with E-state index in [4.69, 9.17) is 4.42 Å². The van der Waals surface area contributed by atoms with Crippen LogP contribution in [0.5, 0.6) is 0 Å². The maximum Gasteiger partial charge on any atom is 0.289 e. The molecule has 0 saturated carbocycles. The van der Waals surface area contributed by atoms with Crippen LogP contribution in [-0.2, 0) is 0 Å². The fraction of sp³-hybridized carbons (Fsp3) is 0.500. The molecule has 3 atom stereocenters. The van der Waals surface area contributed by atoms with E-state index in [9.17, 15) is 9.59 Å². The fourth-order valence-electron chi connectivity index (χ4n) is 4.44. The standard InChI is InChI=1S/C20H23N3O3S/c24-19(22-16-11-14-3-4-15(16)21-14)13-2-1-12-9-18(26-17(12)10-13)20(25)23-5-7-27-8-6-23/h1-2,9-10,14-16,21H,3-8,11H2,(H,22,24)/t14-,15+,16-/m1/s1. The molecule has 142 valence electrons. The predicted octanol–water partition coefficient (Wildman–Crippen LogP) is 2.24. The van der Waals surface area contributed by atoms with E-state index in [1.165, 1.54) is 6.42 Å². The van der Waals surface area contributed by atoms with Gasteiger partial charge in [-0.15, -0.1) is 0 Å². The van der Waals surface area contributed by atoms with Crippen LogP contribution in [0, 0.1) is 0 Å². The van der Waals surface area contributed by atoms with E-state index in [0.29, 0.717) is 29.0 Å². The number of benzene rings is 1. The fourth-order valence-corrected chi connectivity index (χ4v) is 5.34. The first-order valence-electron chi connectivity index (χ1n) is 9.65. The maximum atomic E-state index is 12.7. The second-order valence-electron chi connectivity index (χ2n) is 7.63. The highest BCUT2D eigenvalue weighted by Crippen LogP contribution is 2.29. The van der Waals surface area contributed by atoms with Gasteiger partial charge in [0.25, 0.3) is 11.8 Å². The third-order valence-corrected chi connectivity index (χ3v) is 6.85. The Bertz CT molecular complexity index is 890. The SMILES string of the molecule is O=C(N[C@@H]1C[C@H]2CC[C@@H]1N2)c1ccc2cc(C(=O)N3CCSCC3)oc2c1. The van der Waals surface area contributed by atoms with Crippen LogP contribution < -0.4 is 10.6 Å². The van der Waals surface area contributed by atoms with Crippen molar-refractivity contribution in [3.63, 3.8) is 0 Å². The Morgan fingerprint density at radius 3 is 2.78 bits per heavy atom. The van der Waals surface area contributed by atoms with E-state index in [2.05, 4.69) is 10.6 Å². The lowest BCUT2D eigenvalue weighted by atomic mass is 9.95. The summed E-state index contributed by atoms with van der Waals surface area (Å²) < 4.78 is 5.80. The van der Waals surface area contributed by atoms with Crippen LogP contribution in [0.4, 0.5) is 0 Å². The third-order valence-electron chi connectivity index (χ3n) is 5.91. The third kappa shape index (κ3) is 3.23. The molecule has 4 heterocycles. The van der Waals surface area contributed by atoms with Crippen LogP contribution in [0.1, 0.15) is 40.2 Å². The topological polar surface area (TPSA) is 74.6 Å². The highest BCUT2D eigenvalue weighted by molar-refractivity contribution is 7.99. The van der Waals surface area contributed by atoms with Crippen molar-refractivity contribution >= 4 is 34.5 Å². The quantitative estimate of drug-likeness (QED) is 0.848. The van der Waals surface area contributed by atoms with Crippen molar-refractivity contribution in [2.45, 2.75) is 37.4 Å². The molecule has 2 aromatic rings. The number of carbonyl (C=O) groups excluding carboxylic acids is 2. The first-order chi connectivity index (χ1) is 13.2. The lowest BCUT2D eigenvalue weighted by Crippen LogP contribution is -2.42. The number of fused-ring (bicyclic) bond motifs is 3. The molecule has 27 heavy (non-hydrogen) atoms. The predicted molar refractivity (Wildman–Crippen MR) is 105 cm³/mol. The maximum absolute atomic E-state index is 12.7. The normalized spacial score (nSPS) is 27.3. The summed E-state index contributed by atoms with van der Waals surface area (Å²) in [5, 5.41) is 7.54. The monoisotopic (exact) mass is 385 g/mol. The zero-order valence-corrected chi connectivity index (χ0v) is 15.9. The summed E-state index contributed by atoms with van der Waals surface area (Å²) in [5.74, 6) is 2.15. The molecule has 6 nitrogen and oxygen atoms in total. The molecule has 0 radical (unpaired) electrons. The number of hydrogen-bond acceptors (Lipinski definition) is 5. The Balaban J connectivity index is 1.32. The first-order valence-corrected chi connectivity index (χ1v) is 10.8. The lowest BCUT2D eigenvalue weighted by molar-refractivity contribution is 0.0742. The van der Waals surface area contributed by atoms with Crippen LogP contribution in [-0.4, -0.2) is 59.4 Å². The Labute approximate surface area is 162 Å². The number of amides is 2. The zero-order chi connectivity index (χ0) is 18.4. The number of hydrogen-bond donors (Lipinski definition) is 2. The molecule has 2 amide bonds. The summed E-state index contributed by atoms with van der Waals surface area (Å²) in [6.45, 7) is 1.51. The highest BCUT2D eigenvalue weighted by Gasteiger charge is 2.39. The van der Waals surface area contributed by atoms with Gasteiger partial charge in [-0.05, 0) is 37.5 Å². The Kier molecular flexibility index (Phi) is 4.36. The largest absolute Gasteiger partial charge is 0.451 e. The minimum absolute atomic E-state index is 0.0643. The summed E-state index contributed by atoms with van der Waals surface area (Å²) >= 11 is 1.87. The van der Waals surface area contributed by atoms with Gasteiger partial charge in [0, 0.05) is 53.7 Å². The molecular weight excluding hydrogens is 362 g/mol. The van der Waals surface area contributed by atoms with Crippen molar-refractivity contribution in [3.05, 3.63) is 35.6 Å². The van der Waals surface area contributed by atoms with Crippen LogP contribution in [0.15, 0.2) is 28.7 Å². The molecule has 3 aliphatic heterocycles. The Morgan fingerprint density at radius 2 is 2.04 bits per heavy atom. The Hall–Kier alpha value is -1.99. The summed E-state index contributed by atoms with van der Waals surface area (Å²) in [6, 6.07) is 8.34. The number of thioether (sulfide) groups is 1. The highest BCUT2D eigenvalue weighted by atomic mass is 32.2. The molecule has 3 aliphatic rings. The van der Waals surface area contributed by atoms with Gasteiger partial charge in [-0.1, -0.05) is 6.07 Å². The molecule has 2 bridgehead atoms. The molecular formula is C20H23N3O3S. The summed E-state index contributed by atoms with van der Waals surface area (Å²) in [4.78, 5) is 27.1. The molecule has 0 unspecified atom stereocenters. The summed E-state index contributed by atoms with van der Waals surface area (Å²) in [7, 11) is 0. The second kappa shape index (κ2) is 6.87. The second-order valence-corrected chi connectivity index (χ2v) is 8.86. The molecule has 7 heteroatoms. The van der Waals surface area contributed by atoms with E-state index < -0.39 is 0 Å². The molecule has 2 N–H and O–H groups in total. The van der Waals surface area contributed by atoms with Crippen LogP contribution in [0.3, 0.4) is 0 Å². The number of furan rings is 1. The van der Waals surface area contributed by atoms with Crippen molar-refractivity contribution in [1.82, 2.24) is 15.5 Å². The van der Waals surface area contributed by atoms with E-state index in [1.54, 1.807) is 18.2 Å².